The molecule has 1 aromatic heterocycles. The van der Waals surface area contributed by atoms with Crippen molar-refractivity contribution < 1.29 is 14.8 Å². The number of likely N-dealkylation sites (N-methyl/N-ethyl adjacent to an activating group) is 1. The highest BCUT2D eigenvalue weighted by Gasteiger charge is 2.23. The molecule has 0 spiro atoms. The number of methoxy groups -OCH3 is 1. The molecule has 1 heterocycles. The number of hydrogen-bond donors (Lipinski definition) is 1. The third kappa shape index (κ3) is 3.39. The second-order valence-corrected chi connectivity index (χ2v) is 4.75. The molecule has 0 saturated heterocycles. The molecule has 0 fully saturated rings. The van der Waals surface area contributed by atoms with Gasteiger partial charge in [0.25, 0.3) is 0 Å². The molecule has 0 aromatic carbocycles. The maximum absolute atomic E-state index is 10.9. The Labute approximate surface area is 104 Å². The normalized spacial score (nSPS) is 12.5. The summed E-state index contributed by atoms with van der Waals surface area (Å²) in [5, 5.41) is 20.9. The van der Waals surface area contributed by atoms with Crippen LogP contribution >= 0.6 is 11.3 Å². The number of hydrogen-bond acceptors (Lipinski definition) is 6. The quantitative estimate of drug-likeness (QED) is 0.623. The summed E-state index contributed by atoms with van der Waals surface area (Å²) in [5.74, 6) is 0. The van der Waals surface area contributed by atoms with Crippen LogP contribution in [0.3, 0.4) is 0 Å². The topological polar surface area (TPSA) is 75.8 Å². The highest BCUT2D eigenvalue weighted by molar-refractivity contribution is 7.16. The Kier molecular flexibility index (Phi) is 4.86. The molecule has 0 saturated carbocycles. The highest BCUT2D eigenvalue weighted by Crippen LogP contribution is 2.39. The zero-order valence-electron chi connectivity index (χ0n) is 10.0. The van der Waals surface area contributed by atoms with Crippen molar-refractivity contribution in [2.75, 3.05) is 32.2 Å². The molecule has 1 N–H and O–H groups in total. The molecule has 7 heteroatoms. The van der Waals surface area contributed by atoms with E-state index < -0.39 is 11.0 Å². The van der Waals surface area contributed by atoms with Crippen LogP contribution < -0.4 is 4.90 Å². The minimum absolute atomic E-state index is 0.0319. The average Bonchev–Trinajstić information content (AvgIpc) is 2.70. The molecule has 0 aliphatic carbocycles. The first-order valence-corrected chi connectivity index (χ1v) is 5.95. The minimum atomic E-state index is -0.691. The van der Waals surface area contributed by atoms with Gasteiger partial charge in [-0.15, -0.1) is 11.3 Å². The first-order chi connectivity index (χ1) is 7.97. The molecule has 0 amide bonds. The van der Waals surface area contributed by atoms with E-state index in [1.165, 1.54) is 17.4 Å². The number of thiophene rings is 1. The Bertz CT molecular complexity index is 392. The molecule has 0 bridgehead atoms. The van der Waals surface area contributed by atoms with Gasteiger partial charge in [0.15, 0.2) is 5.00 Å². The fraction of sp³-hybridized carbons (Fsp3) is 0.600. The van der Waals surface area contributed by atoms with Crippen molar-refractivity contribution in [2.24, 2.45) is 0 Å². The molecule has 0 unspecified atom stereocenters. The van der Waals surface area contributed by atoms with Gasteiger partial charge in [0.05, 0.1) is 17.6 Å². The van der Waals surface area contributed by atoms with E-state index in [1.807, 2.05) is 0 Å². The van der Waals surface area contributed by atoms with E-state index in [0.717, 1.165) is 0 Å². The molecule has 17 heavy (non-hydrogen) atoms. The Balaban J connectivity index is 2.99. The Morgan fingerprint density at radius 2 is 2.35 bits per heavy atom. The van der Waals surface area contributed by atoms with Crippen LogP contribution in [0.4, 0.5) is 10.7 Å². The fourth-order valence-electron chi connectivity index (χ4n) is 1.33. The Morgan fingerprint density at radius 3 is 2.82 bits per heavy atom. The smallest absolute Gasteiger partial charge is 0.304 e. The Morgan fingerprint density at radius 1 is 1.71 bits per heavy atom. The van der Waals surface area contributed by atoms with Gasteiger partial charge in [-0.1, -0.05) is 0 Å². The van der Waals surface area contributed by atoms with Crippen LogP contribution in [0.15, 0.2) is 6.07 Å². The van der Waals surface area contributed by atoms with Crippen molar-refractivity contribution >= 4 is 22.0 Å². The van der Waals surface area contributed by atoms with E-state index in [1.54, 1.807) is 26.0 Å². The van der Waals surface area contributed by atoms with E-state index >= 15 is 0 Å². The number of nitrogens with zero attached hydrogens (tertiary/aromatic N) is 2. The van der Waals surface area contributed by atoms with Gasteiger partial charge >= 0.3 is 5.69 Å². The van der Waals surface area contributed by atoms with Gasteiger partial charge in [-0.25, -0.2) is 0 Å². The van der Waals surface area contributed by atoms with Crippen molar-refractivity contribution in [3.05, 3.63) is 21.1 Å². The molecule has 6 nitrogen and oxygen atoms in total. The predicted molar refractivity (Wildman–Crippen MR) is 66.8 cm³/mol. The summed E-state index contributed by atoms with van der Waals surface area (Å²) in [5.41, 5.74) is 0.0319. The van der Waals surface area contributed by atoms with Crippen LogP contribution in [0.2, 0.25) is 0 Å². The van der Waals surface area contributed by atoms with Gasteiger partial charge in [0.2, 0.25) is 0 Å². The minimum Gasteiger partial charge on any atom is -0.388 e. The average molecular weight is 260 g/mol. The molecule has 1 atom stereocenters. The number of anilines is 1. The zero-order valence-corrected chi connectivity index (χ0v) is 10.9. The van der Waals surface area contributed by atoms with Crippen molar-refractivity contribution in [3.63, 3.8) is 0 Å². The first-order valence-electron chi connectivity index (χ1n) is 5.13. The SMILES string of the molecule is COCCN(C)c1sc([C@H](C)O)cc1[N+](=O)[O-]. The van der Waals surface area contributed by atoms with Crippen LogP contribution in [0.5, 0.6) is 0 Å². The lowest BCUT2D eigenvalue weighted by atomic mass is 10.3. The van der Waals surface area contributed by atoms with Crippen LogP contribution in [0.1, 0.15) is 17.9 Å². The lowest BCUT2D eigenvalue weighted by Crippen LogP contribution is -2.21. The molecule has 0 aliphatic rings. The molecule has 96 valence electrons. The van der Waals surface area contributed by atoms with E-state index in [9.17, 15) is 15.2 Å². The second-order valence-electron chi connectivity index (χ2n) is 3.69. The number of nitro groups is 1. The number of ether oxygens (including phenoxy) is 1. The van der Waals surface area contributed by atoms with Crippen molar-refractivity contribution in [2.45, 2.75) is 13.0 Å². The second kappa shape index (κ2) is 5.95. The zero-order chi connectivity index (χ0) is 13.0. The summed E-state index contributed by atoms with van der Waals surface area (Å²) in [7, 11) is 3.35. The van der Waals surface area contributed by atoms with E-state index in [0.29, 0.717) is 23.0 Å². The van der Waals surface area contributed by atoms with Crippen LogP contribution in [0, 0.1) is 10.1 Å². The van der Waals surface area contributed by atoms with Crippen molar-refractivity contribution in [1.29, 1.82) is 0 Å². The molecule has 1 aromatic rings. The fourth-order valence-corrected chi connectivity index (χ4v) is 2.38. The van der Waals surface area contributed by atoms with Gasteiger partial charge in [0.1, 0.15) is 0 Å². The standard InChI is InChI=1S/C10H16N2O4S/c1-7(13)9-6-8(12(14)15)10(17-9)11(2)4-5-16-3/h6-7,13H,4-5H2,1-3H3/t7-/m0/s1. The molecule has 1 rings (SSSR count). The third-order valence-corrected chi connectivity index (χ3v) is 3.71. The maximum atomic E-state index is 10.9. The summed E-state index contributed by atoms with van der Waals surface area (Å²) >= 11 is 1.23. The largest absolute Gasteiger partial charge is 0.388 e. The first kappa shape index (κ1) is 13.9. The van der Waals surface area contributed by atoms with Gasteiger partial charge in [-0.05, 0) is 6.92 Å². The van der Waals surface area contributed by atoms with E-state index in [4.69, 9.17) is 4.74 Å². The molecule has 0 radical (unpaired) electrons. The number of aliphatic hydroxyl groups excluding tert-OH is 1. The third-order valence-electron chi connectivity index (χ3n) is 2.30. The molecular weight excluding hydrogens is 244 g/mol. The number of rotatable bonds is 6. The lowest BCUT2D eigenvalue weighted by molar-refractivity contribution is -0.383. The summed E-state index contributed by atoms with van der Waals surface area (Å²) in [6.45, 7) is 2.65. The Hall–Kier alpha value is -1.18. The van der Waals surface area contributed by atoms with Crippen LogP contribution in [0.25, 0.3) is 0 Å². The summed E-state index contributed by atoms with van der Waals surface area (Å²) in [4.78, 5) is 12.8. The molecular formula is C10H16N2O4S. The number of aliphatic hydroxyl groups is 1. The van der Waals surface area contributed by atoms with Gasteiger partial charge < -0.3 is 14.7 Å². The van der Waals surface area contributed by atoms with Gasteiger partial charge in [-0.2, -0.15) is 0 Å². The monoisotopic (exact) mass is 260 g/mol. The van der Waals surface area contributed by atoms with E-state index in [-0.39, 0.29) is 5.69 Å². The summed E-state index contributed by atoms with van der Waals surface area (Å²) in [6, 6.07) is 1.42. The van der Waals surface area contributed by atoms with Crippen LogP contribution in [-0.2, 0) is 4.74 Å². The van der Waals surface area contributed by atoms with Crippen molar-refractivity contribution in [1.82, 2.24) is 0 Å². The van der Waals surface area contributed by atoms with Gasteiger partial charge in [-0.3, -0.25) is 10.1 Å². The molecule has 0 aliphatic heterocycles. The lowest BCUT2D eigenvalue weighted by Gasteiger charge is -2.15. The maximum Gasteiger partial charge on any atom is 0.304 e. The predicted octanol–water partition coefficient (Wildman–Crippen LogP) is 1.79. The highest BCUT2D eigenvalue weighted by atomic mass is 32.1. The van der Waals surface area contributed by atoms with Crippen LogP contribution in [-0.4, -0.2) is 37.3 Å². The summed E-state index contributed by atoms with van der Waals surface area (Å²) in [6.07, 6.45) is -0.691. The summed E-state index contributed by atoms with van der Waals surface area (Å²) < 4.78 is 4.93. The van der Waals surface area contributed by atoms with E-state index in [2.05, 4.69) is 0 Å². The van der Waals surface area contributed by atoms with Gasteiger partial charge in [0, 0.05) is 31.6 Å². The van der Waals surface area contributed by atoms with Crippen molar-refractivity contribution in [3.8, 4) is 0 Å².